The van der Waals surface area contributed by atoms with Crippen LogP contribution in [0.4, 0.5) is 0 Å². The number of benzene rings is 1. The smallest absolute Gasteiger partial charge is 0.223 e. The number of amides is 1. The van der Waals surface area contributed by atoms with Crippen LogP contribution in [0.1, 0.15) is 25.0 Å². The van der Waals surface area contributed by atoms with Crippen LogP contribution in [0.2, 0.25) is 0 Å². The van der Waals surface area contributed by atoms with E-state index < -0.39 is 0 Å². The van der Waals surface area contributed by atoms with Crippen molar-refractivity contribution in [2.75, 3.05) is 13.1 Å². The highest BCUT2D eigenvalue weighted by molar-refractivity contribution is 5.78. The van der Waals surface area contributed by atoms with Gasteiger partial charge in [-0.2, -0.15) is 0 Å². The Labute approximate surface area is 109 Å². The first kappa shape index (κ1) is 13.1. The molecular weight excluding hydrogens is 224 g/mol. The summed E-state index contributed by atoms with van der Waals surface area (Å²) in [4.78, 5) is 11.9. The fourth-order valence-corrected chi connectivity index (χ4v) is 2.12. The highest BCUT2D eigenvalue weighted by Gasteiger charge is 2.28. The van der Waals surface area contributed by atoms with Crippen molar-refractivity contribution >= 4 is 5.91 Å². The fourth-order valence-electron chi connectivity index (χ4n) is 2.12. The molecule has 0 aliphatic carbocycles. The van der Waals surface area contributed by atoms with Gasteiger partial charge in [0.05, 0.1) is 0 Å². The van der Waals surface area contributed by atoms with Gasteiger partial charge in [0.15, 0.2) is 0 Å². The molecule has 3 nitrogen and oxygen atoms in total. The molecular formula is C15H22N2O. The molecule has 1 aromatic rings. The number of hydrogen-bond donors (Lipinski definition) is 2. The topological polar surface area (TPSA) is 41.1 Å². The number of aryl methyl sites for hydroxylation is 1. The molecule has 1 saturated heterocycles. The predicted molar refractivity (Wildman–Crippen MR) is 73.2 cm³/mol. The van der Waals surface area contributed by atoms with Crippen molar-refractivity contribution < 1.29 is 4.79 Å². The lowest BCUT2D eigenvalue weighted by Crippen LogP contribution is -2.49. The molecule has 2 N–H and O–H groups in total. The Hall–Kier alpha value is -1.35. The van der Waals surface area contributed by atoms with E-state index in [4.69, 9.17) is 0 Å². The second-order valence-corrected chi connectivity index (χ2v) is 5.09. The summed E-state index contributed by atoms with van der Waals surface area (Å²) in [6, 6.07) is 8.44. The Balaban J connectivity index is 1.80. The van der Waals surface area contributed by atoms with Gasteiger partial charge < -0.3 is 10.6 Å². The average Bonchev–Trinajstić information content (AvgIpc) is 2.34. The van der Waals surface area contributed by atoms with E-state index in [-0.39, 0.29) is 11.8 Å². The SMILES string of the molecule is CCc1ccc(CNC(=O)C(C)C2CNC2)cc1. The van der Waals surface area contributed by atoms with E-state index in [1.807, 2.05) is 6.92 Å². The zero-order valence-corrected chi connectivity index (χ0v) is 11.2. The molecule has 1 aromatic carbocycles. The molecule has 1 amide bonds. The zero-order valence-electron chi connectivity index (χ0n) is 11.2. The number of carbonyl (C=O) groups excluding carboxylic acids is 1. The van der Waals surface area contributed by atoms with Gasteiger partial charge in [0.25, 0.3) is 0 Å². The third-order valence-corrected chi connectivity index (χ3v) is 3.83. The van der Waals surface area contributed by atoms with Gasteiger partial charge in [0.1, 0.15) is 0 Å². The molecule has 1 unspecified atom stereocenters. The van der Waals surface area contributed by atoms with Crippen LogP contribution in [-0.4, -0.2) is 19.0 Å². The highest BCUT2D eigenvalue weighted by atomic mass is 16.1. The highest BCUT2D eigenvalue weighted by Crippen LogP contribution is 2.16. The first-order valence-electron chi connectivity index (χ1n) is 6.77. The van der Waals surface area contributed by atoms with Crippen LogP contribution >= 0.6 is 0 Å². The van der Waals surface area contributed by atoms with E-state index in [9.17, 15) is 4.79 Å². The standard InChI is InChI=1S/C15H22N2O/c1-3-12-4-6-13(7-5-12)8-17-15(18)11(2)14-9-16-10-14/h4-7,11,14,16H,3,8-10H2,1-2H3,(H,17,18). The molecule has 3 heteroatoms. The van der Waals surface area contributed by atoms with Crippen molar-refractivity contribution in [2.45, 2.75) is 26.8 Å². The molecule has 18 heavy (non-hydrogen) atoms. The lowest BCUT2D eigenvalue weighted by Gasteiger charge is -2.31. The monoisotopic (exact) mass is 246 g/mol. The second-order valence-electron chi connectivity index (χ2n) is 5.09. The van der Waals surface area contributed by atoms with E-state index in [1.54, 1.807) is 0 Å². The van der Waals surface area contributed by atoms with Crippen molar-refractivity contribution in [1.82, 2.24) is 10.6 Å². The number of rotatable bonds is 5. The minimum absolute atomic E-state index is 0.112. The molecule has 0 radical (unpaired) electrons. The Kier molecular flexibility index (Phi) is 4.37. The summed E-state index contributed by atoms with van der Waals surface area (Å²) in [7, 11) is 0. The van der Waals surface area contributed by atoms with Crippen LogP contribution in [-0.2, 0) is 17.8 Å². The number of hydrogen-bond acceptors (Lipinski definition) is 2. The van der Waals surface area contributed by atoms with Gasteiger partial charge >= 0.3 is 0 Å². The number of carbonyl (C=O) groups is 1. The predicted octanol–water partition coefficient (Wildman–Crippen LogP) is 1.72. The van der Waals surface area contributed by atoms with Gasteiger partial charge in [-0.15, -0.1) is 0 Å². The van der Waals surface area contributed by atoms with E-state index in [0.717, 1.165) is 19.5 Å². The number of nitrogens with one attached hydrogen (secondary N) is 2. The minimum atomic E-state index is 0.112. The first-order chi connectivity index (χ1) is 8.70. The molecule has 0 saturated carbocycles. The molecule has 1 aliphatic heterocycles. The van der Waals surface area contributed by atoms with Crippen LogP contribution in [0.3, 0.4) is 0 Å². The normalized spacial score (nSPS) is 17.0. The molecule has 2 rings (SSSR count). The van der Waals surface area contributed by atoms with Gasteiger partial charge in [-0.05, 0) is 36.6 Å². The van der Waals surface area contributed by atoms with Crippen LogP contribution in [0, 0.1) is 11.8 Å². The zero-order chi connectivity index (χ0) is 13.0. The van der Waals surface area contributed by atoms with E-state index in [0.29, 0.717) is 12.5 Å². The molecule has 1 aliphatic rings. The summed E-state index contributed by atoms with van der Waals surface area (Å²) in [5.74, 6) is 0.787. The first-order valence-corrected chi connectivity index (χ1v) is 6.77. The van der Waals surface area contributed by atoms with Crippen LogP contribution in [0.15, 0.2) is 24.3 Å². The summed E-state index contributed by atoms with van der Waals surface area (Å²) in [6.07, 6.45) is 1.05. The average molecular weight is 246 g/mol. The summed E-state index contributed by atoms with van der Waals surface area (Å²) in [5.41, 5.74) is 2.50. The Bertz CT molecular complexity index is 395. The molecule has 0 spiro atoms. The molecule has 98 valence electrons. The summed E-state index contributed by atoms with van der Waals surface area (Å²) in [6.45, 7) is 6.74. The van der Waals surface area contributed by atoms with Crippen LogP contribution in [0.5, 0.6) is 0 Å². The largest absolute Gasteiger partial charge is 0.352 e. The molecule has 1 fully saturated rings. The van der Waals surface area contributed by atoms with Crippen molar-refractivity contribution in [3.05, 3.63) is 35.4 Å². The quantitative estimate of drug-likeness (QED) is 0.830. The van der Waals surface area contributed by atoms with Gasteiger partial charge in [0.2, 0.25) is 5.91 Å². The lowest BCUT2D eigenvalue weighted by molar-refractivity contribution is -0.126. The van der Waals surface area contributed by atoms with Gasteiger partial charge in [0, 0.05) is 12.5 Å². The van der Waals surface area contributed by atoms with Gasteiger partial charge in [-0.25, -0.2) is 0 Å². The van der Waals surface area contributed by atoms with E-state index in [1.165, 1.54) is 11.1 Å². The van der Waals surface area contributed by atoms with Gasteiger partial charge in [-0.1, -0.05) is 38.1 Å². The molecule has 0 bridgehead atoms. The molecule has 0 aromatic heterocycles. The van der Waals surface area contributed by atoms with Crippen LogP contribution < -0.4 is 10.6 Å². The Morgan fingerprint density at radius 1 is 1.33 bits per heavy atom. The van der Waals surface area contributed by atoms with Crippen molar-refractivity contribution in [2.24, 2.45) is 11.8 Å². The Morgan fingerprint density at radius 3 is 2.44 bits per heavy atom. The molecule has 1 heterocycles. The van der Waals surface area contributed by atoms with Crippen LogP contribution in [0.25, 0.3) is 0 Å². The lowest BCUT2D eigenvalue weighted by atomic mass is 9.88. The van der Waals surface area contributed by atoms with E-state index >= 15 is 0 Å². The maximum absolute atomic E-state index is 11.9. The molecule has 1 atom stereocenters. The maximum Gasteiger partial charge on any atom is 0.223 e. The maximum atomic E-state index is 11.9. The van der Waals surface area contributed by atoms with Crippen molar-refractivity contribution in [3.63, 3.8) is 0 Å². The summed E-state index contributed by atoms with van der Waals surface area (Å²) < 4.78 is 0. The van der Waals surface area contributed by atoms with E-state index in [2.05, 4.69) is 41.8 Å². The minimum Gasteiger partial charge on any atom is -0.352 e. The fraction of sp³-hybridized carbons (Fsp3) is 0.533. The van der Waals surface area contributed by atoms with Gasteiger partial charge in [-0.3, -0.25) is 4.79 Å². The summed E-state index contributed by atoms with van der Waals surface area (Å²) in [5, 5.41) is 6.22. The van der Waals surface area contributed by atoms with Crippen molar-refractivity contribution in [3.8, 4) is 0 Å². The second kappa shape index (κ2) is 6.01. The third kappa shape index (κ3) is 3.10. The third-order valence-electron chi connectivity index (χ3n) is 3.83. The van der Waals surface area contributed by atoms with Crippen molar-refractivity contribution in [1.29, 1.82) is 0 Å². The Morgan fingerprint density at radius 2 is 1.94 bits per heavy atom. The summed E-state index contributed by atoms with van der Waals surface area (Å²) >= 11 is 0.